The van der Waals surface area contributed by atoms with Crippen molar-refractivity contribution in [2.45, 2.75) is 37.4 Å². The highest BCUT2D eigenvalue weighted by molar-refractivity contribution is 9.09. The van der Waals surface area contributed by atoms with Gasteiger partial charge >= 0.3 is 0 Å². The number of hydrogen-bond acceptors (Lipinski definition) is 2. The number of alkyl halides is 1. The Kier molecular flexibility index (Phi) is 5.01. The molecule has 0 saturated carbocycles. The highest BCUT2D eigenvalue weighted by atomic mass is 79.9. The van der Waals surface area contributed by atoms with Crippen LogP contribution >= 0.6 is 15.9 Å². The molecule has 0 bridgehead atoms. The van der Waals surface area contributed by atoms with Gasteiger partial charge in [-0.15, -0.1) is 0 Å². The second-order valence-electron chi connectivity index (χ2n) is 5.42. The van der Waals surface area contributed by atoms with Crippen LogP contribution in [0.15, 0.2) is 24.3 Å². The molecule has 0 aliphatic carbocycles. The lowest BCUT2D eigenvalue weighted by Crippen LogP contribution is -2.15. The smallest absolute Gasteiger partial charge is 0.148 e. The van der Waals surface area contributed by atoms with Crippen LogP contribution in [0.2, 0.25) is 0 Å². The third kappa shape index (κ3) is 4.39. The lowest BCUT2D eigenvalue weighted by atomic mass is 9.82. The van der Waals surface area contributed by atoms with Gasteiger partial charge in [-0.3, -0.25) is 0 Å². The highest BCUT2D eigenvalue weighted by Gasteiger charge is 2.19. The van der Waals surface area contributed by atoms with Gasteiger partial charge in [-0.2, -0.15) is 0 Å². The molecule has 0 aromatic heterocycles. The Morgan fingerprint density at radius 3 is 2.11 bits per heavy atom. The zero-order valence-electron chi connectivity index (χ0n) is 11.4. The quantitative estimate of drug-likeness (QED) is 0.767. The van der Waals surface area contributed by atoms with E-state index in [2.05, 4.69) is 48.8 Å². The molecule has 1 atom stereocenters. The summed E-state index contributed by atoms with van der Waals surface area (Å²) in [7, 11) is -2.96. The van der Waals surface area contributed by atoms with Crippen LogP contribution in [0.5, 0.6) is 0 Å². The van der Waals surface area contributed by atoms with Crippen molar-refractivity contribution in [3.05, 3.63) is 35.4 Å². The topological polar surface area (TPSA) is 34.1 Å². The van der Waals surface area contributed by atoms with Gasteiger partial charge in [0.2, 0.25) is 0 Å². The summed E-state index contributed by atoms with van der Waals surface area (Å²) in [5, 5.41) is 0. The minimum absolute atomic E-state index is 0.128. The zero-order valence-corrected chi connectivity index (χ0v) is 13.8. The molecule has 18 heavy (non-hydrogen) atoms. The predicted molar refractivity (Wildman–Crippen MR) is 81.1 cm³/mol. The summed E-state index contributed by atoms with van der Waals surface area (Å²) in [5.74, 6) is 0.128. The Morgan fingerprint density at radius 1 is 1.22 bits per heavy atom. The Bertz CT molecular complexity index is 489. The molecule has 4 heteroatoms. The average molecular weight is 333 g/mol. The molecular weight excluding hydrogens is 312 g/mol. The van der Waals surface area contributed by atoms with Crippen LogP contribution in [0, 0.1) is 0 Å². The fraction of sp³-hybridized carbons (Fsp3) is 0.571. The van der Waals surface area contributed by atoms with E-state index < -0.39 is 9.84 Å². The number of benzene rings is 1. The number of rotatable bonds is 5. The van der Waals surface area contributed by atoms with Crippen molar-refractivity contribution in [2.24, 2.45) is 0 Å². The van der Waals surface area contributed by atoms with E-state index in [0.29, 0.717) is 0 Å². The van der Waals surface area contributed by atoms with E-state index in [0.717, 1.165) is 12.0 Å². The van der Waals surface area contributed by atoms with Crippen LogP contribution in [0.25, 0.3) is 0 Å². The van der Waals surface area contributed by atoms with E-state index in [-0.39, 0.29) is 16.0 Å². The molecule has 0 heterocycles. The fourth-order valence-corrected chi connectivity index (χ4v) is 4.18. The van der Waals surface area contributed by atoms with E-state index in [1.807, 2.05) is 12.1 Å². The van der Waals surface area contributed by atoms with Gasteiger partial charge in [-0.25, -0.2) is 8.42 Å². The second-order valence-corrected chi connectivity index (χ2v) is 8.71. The van der Waals surface area contributed by atoms with Gasteiger partial charge in [-0.05, 0) is 23.0 Å². The fourth-order valence-electron chi connectivity index (χ4n) is 1.71. The molecule has 0 amide bonds. The SMILES string of the molecule is CCC(C)(C)c1ccc(C(Br)CS(C)(=O)=O)cc1. The van der Waals surface area contributed by atoms with Gasteiger partial charge in [0, 0.05) is 6.26 Å². The molecule has 1 aromatic rings. The third-order valence-electron chi connectivity index (χ3n) is 3.39. The first-order chi connectivity index (χ1) is 8.15. The van der Waals surface area contributed by atoms with Crippen LogP contribution in [-0.2, 0) is 15.3 Å². The minimum Gasteiger partial charge on any atom is -0.229 e. The molecule has 0 saturated heterocycles. The standard InChI is InChI=1S/C14H21BrO2S/c1-5-14(2,3)12-8-6-11(7-9-12)13(15)10-18(4,16)17/h6-9,13H,5,10H2,1-4H3. The van der Waals surface area contributed by atoms with Crippen molar-refractivity contribution in [1.29, 1.82) is 0 Å². The van der Waals surface area contributed by atoms with Crippen molar-refractivity contribution < 1.29 is 8.42 Å². The lowest BCUT2D eigenvalue weighted by molar-refractivity contribution is 0.506. The Morgan fingerprint density at radius 2 is 1.72 bits per heavy atom. The summed E-state index contributed by atoms with van der Waals surface area (Å²) in [6.45, 7) is 6.60. The largest absolute Gasteiger partial charge is 0.229 e. The average Bonchev–Trinajstić information content (AvgIpc) is 2.27. The second kappa shape index (κ2) is 5.74. The van der Waals surface area contributed by atoms with Crippen LogP contribution in [0.1, 0.15) is 43.1 Å². The summed E-state index contributed by atoms with van der Waals surface area (Å²) in [5.41, 5.74) is 2.46. The molecule has 0 aliphatic rings. The zero-order chi connectivity index (χ0) is 14.0. The van der Waals surface area contributed by atoms with Crippen molar-refractivity contribution >= 4 is 25.8 Å². The van der Waals surface area contributed by atoms with Crippen LogP contribution < -0.4 is 0 Å². The molecule has 0 N–H and O–H groups in total. The Balaban J connectivity index is 2.90. The van der Waals surface area contributed by atoms with Gasteiger partial charge in [0.05, 0.1) is 10.6 Å². The maximum absolute atomic E-state index is 11.3. The van der Waals surface area contributed by atoms with Gasteiger partial charge in [0.15, 0.2) is 0 Å². The van der Waals surface area contributed by atoms with E-state index in [9.17, 15) is 8.42 Å². The molecule has 0 spiro atoms. The van der Waals surface area contributed by atoms with Crippen molar-refractivity contribution in [2.75, 3.05) is 12.0 Å². The lowest BCUT2D eigenvalue weighted by Gasteiger charge is -2.23. The molecule has 1 aromatic carbocycles. The monoisotopic (exact) mass is 332 g/mol. The number of hydrogen-bond donors (Lipinski definition) is 0. The number of sulfone groups is 1. The molecule has 2 nitrogen and oxygen atoms in total. The van der Waals surface area contributed by atoms with E-state index >= 15 is 0 Å². The first-order valence-corrected chi connectivity index (χ1v) is 9.05. The summed E-state index contributed by atoms with van der Waals surface area (Å²) < 4.78 is 22.5. The first-order valence-electron chi connectivity index (χ1n) is 6.08. The van der Waals surface area contributed by atoms with Gasteiger partial charge in [0.25, 0.3) is 0 Å². The summed E-state index contributed by atoms with van der Waals surface area (Å²) in [4.78, 5) is -0.133. The van der Waals surface area contributed by atoms with E-state index in [1.165, 1.54) is 11.8 Å². The highest BCUT2D eigenvalue weighted by Crippen LogP contribution is 2.30. The molecule has 0 aliphatic heterocycles. The molecular formula is C14H21BrO2S. The van der Waals surface area contributed by atoms with Crippen LogP contribution in [-0.4, -0.2) is 20.4 Å². The molecule has 0 radical (unpaired) electrons. The molecule has 1 rings (SSSR count). The molecule has 1 unspecified atom stereocenters. The van der Waals surface area contributed by atoms with Gasteiger partial charge in [-0.1, -0.05) is 61.0 Å². The summed E-state index contributed by atoms with van der Waals surface area (Å²) in [6, 6.07) is 8.21. The van der Waals surface area contributed by atoms with Crippen molar-refractivity contribution in [3.63, 3.8) is 0 Å². The first kappa shape index (κ1) is 15.7. The minimum atomic E-state index is -2.96. The molecule has 0 fully saturated rings. The van der Waals surface area contributed by atoms with Crippen LogP contribution in [0.3, 0.4) is 0 Å². The van der Waals surface area contributed by atoms with Crippen molar-refractivity contribution in [3.8, 4) is 0 Å². The van der Waals surface area contributed by atoms with Crippen molar-refractivity contribution in [1.82, 2.24) is 0 Å². The van der Waals surface area contributed by atoms with Gasteiger partial charge < -0.3 is 0 Å². The third-order valence-corrected chi connectivity index (χ3v) is 5.61. The van der Waals surface area contributed by atoms with Gasteiger partial charge in [0.1, 0.15) is 9.84 Å². The summed E-state index contributed by atoms with van der Waals surface area (Å²) in [6.07, 6.45) is 2.34. The molecule has 102 valence electrons. The maximum Gasteiger partial charge on any atom is 0.148 e. The van der Waals surface area contributed by atoms with E-state index in [4.69, 9.17) is 0 Å². The van der Waals surface area contributed by atoms with Crippen LogP contribution in [0.4, 0.5) is 0 Å². The van der Waals surface area contributed by atoms with E-state index in [1.54, 1.807) is 0 Å². The predicted octanol–water partition coefficient (Wildman–Crippen LogP) is 3.85. The summed E-state index contributed by atoms with van der Waals surface area (Å²) >= 11 is 3.43. The normalized spacial score (nSPS) is 14.5. The Hall–Kier alpha value is -0.350. The number of halogens is 1. The maximum atomic E-state index is 11.3. The Labute approximate surface area is 119 Å².